The van der Waals surface area contributed by atoms with Crippen LogP contribution >= 0.6 is 0 Å². The van der Waals surface area contributed by atoms with Crippen LogP contribution in [0.1, 0.15) is 33.1 Å². The van der Waals surface area contributed by atoms with Gasteiger partial charge in [0.25, 0.3) is 0 Å². The van der Waals surface area contributed by atoms with Gasteiger partial charge in [0.15, 0.2) is 0 Å². The number of anilines is 2. The molecule has 0 aliphatic carbocycles. The summed E-state index contributed by atoms with van der Waals surface area (Å²) < 4.78 is 32.8. The number of sulfonamides is 1. The van der Waals surface area contributed by atoms with Crippen LogP contribution in [-0.2, 0) is 19.6 Å². The normalized spacial score (nSPS) is 16.2. The minimum Gasteiger partial charge on any atom is -0.494 e. The van der Waals surface area contributed by atoms with E-state index < -0.39 is 15.9 Å². The molecule has 1 saturated heterocycles. The molecule has 9 heteroatoms. The molecule has 0 aromatic heterocycles. The van der Waals surface area contributed by atoms with E-state index in [-0.39, 0.29) is 29.7 Å². The molecule has 32 heavy (non-hydrogen) atoms. The fourth-order valence-electron chi connectivity index (χ4n) is 3.47. The minimum atomic E-state index is -3.65. The number of unbranched alkanes of at least 4 members (excludes halogenated alkanes) is 1. The maximum Gasteiger partial charge on any atom is 0.240 e. The molecule has 0 bridgehead atoms. The van der Waals surface area contributed by atoms with Gasteiger partial charge in [0.1, 0.15) is 5.75 Å². The Hall–Kier alpha value is -2.91. The van der Waals surface area contributed by atoms with Crippen LogP contribution in [0.4, 0.5) is 11.4 Å². The Kier molecular flexibility index (Phi) is 7.87. The first-order valence-electron chi connectivity index (χ1n) is 10.8. The van der Waals surface area contributed by atoms with E-state index in [2.05, 4.69) is 10.0 Å². The lowest BCUT2D eigenvalue weighted by Crippen LogP contribution is -2.28. The minimum absolute atomic E-state index is 0.0879. The van der Waals surface area contributed by atoms with Gasteiger partial charge in [-0.05, 0) is 55.8 Å². The molecular weight excluding hydrogens is 430 g/mol. The van der Waals surface area contributed by atoms with Crippen molar-refractivity contribution in [3.63, 3.8) is 0 Å². The molecule has 1 aliphatic rings. The second-order valence-corrected chi connectivity index (χ2v) is 9.37. The molecule has 1 unspecified atom stereocenters. The lowest BCUT2D eigenvalue weighted by Gasteiger charge is -2.17. The van der Waals surface area contributed by atoms with Crippen molar-refractivity contribution >= 4 is 33.2 Å². The second-order valence-electron chi connectivity index (χ2n) is 7.60. The smallest absolute Gasteiger partial charge is 0.240 e. The van der Waals surface area contributed by atoms with Crippen molar-refractivity contribution in [3.8, 4) is 5.75 Å². The molecule has 0 radical (unpaired) electrons. The highest BCUT2D eigenvalue weighted by molar-refractivity contribution is 7.89. The van der Waals surface area contributed by atoms with Gasteiger partial charge >= 0.3 is 0 Å². The molecule has 3 rings (SSSR count). The number of carbonyl (C=O) groups is 2. The quantitative estimate of drug-likeness (QED) is 0.531. The van der Waals surface area contributed by atoms with E-state index in [1.807, 2.05) is 13.8 Å². The molecule has 1 fully saturated rings. The zero-order chi connectivity index (χ0) is 23.1. The van der Waals surface area contributed by atoms with Crippen molar-refractivity contribution in [3.05, 3.63) is 48.5 Å². The average molecular weight is 460 g/mol. The number of hydrogen-bond acceptors (Lipinski definition) is 5. The molecular formula is C23H29N3O5S. The number of amides is 2. The number of carbonyl (C=O) groups excluding carboxylic acids is 2. The van der Waals surface area contributed by atoms with Crippen LogP contribution in [0.3, 0.4) is 0 Å². The van der Waals surface area contributed by atoms with Crippen LogP contribution in [0.25, 0.3) is 0 Å². The number of benzene rings is 2. The van der Waals surface area contributed by atoms with Crippen LogP contribution in [0.5, 0.6) is 5.75 Å². The van der Waals surface area contributed by atoms with Gasteiger partial charge in [0.2, 0.25) is 21.8 Å². The van der Waals surface area contributed by atoms with Gasteiger partial charge in [0.05, 0.1) is 17.4 Å². The maximum atomic E-state index is 12.8. The molecule has 172 valence electrons. The number of nitrogens with one attached hydrogen (secondary N) is 2. The predicted molar refractivity (Wildman–Crippen MR) is 123 cm³/mol. The molecule has 0 saturated carbocycles. The van der Waals surface area contributed by atoms with Gasteiger partial charge in [-0.3, -0.25) is 9.59 Å². The van der Waals surface area contributed by atoms with E-state index in [0.717, 1.165) is 18.6 Å². The van der Waals surface area contributed by atoms with E-state index in [0.29, 0.717) is 24.5 Å². The van der Waals surface area contributed by atoms with Crippen molar-refractivity contribution < 1.29 is 22.7 Å². The van der Waals surface area contributed by atoms with Crippen LogP contribution in [0.2, 0.25) is 0 Å². The third kappa shape index (κ3) is 5.86. The standard InChI is InChI=1S/C23H29N3O5S/c1-3-5-13-24-32(29,30)21-8-6-7-18(15-21)25-23(28)17-14-22(27)26(16-17)19-9-11-20(12-10-19)31-4-2/h6-12,15,17,24H,3-5,13-14,16H2,1-2H3,(H,25,28). The fourth-order valence-corrected chi connectivity index (χ4v) is 4.59. The van der Waals surface area contributed by atoms with Crippen molar-refractivity contribution in [2.75, 3.05) is 29.9 Å². The summed E-state index contributed by atoms with van der Waals surface area (Å²) in [4.78, 5) is 26.9. The molecule has 0 spiro atoms. The highest BCUT2D eigenvalue weighted by atomic mass is 32.2. The Bertz CT molecular complexity index is 1050. The molecule has 1 heterocycles. The number of ether oxygens (including phenoxy) is 1. The first-order chi connectivity index (χ1) is 15.3. The molecule has 2 amide bonds. The van der Waals surface area contributed by atoms with Crippen LogP contribution in [0, 0.1) is 5.92 Å². The van der Waals surface area contributed by atoms with Gasteiger partial charge in [-0.25, -0.2) is 13.1 Å². The van der Waals surface area contributed by atoms with Crippen molar-refractivity contribution in [1.29, 1.82) is 0 Å². The van der Waals surface area contributed by atoms with Crippen LogP contribution < -0.4 is 19.7 Å². The first kappa shape index (κ1) is 23.7. The highest BCUT2D eigenvalue weighted by Gasteiger charge is 2.35. The summed E-state index contributed by atoms with van der Waals surface area (Å²) in [6.45, 7) is 5.06. The third-order valence-electron chi connectivity index (χ3n) is 5.19. The van der Waals surface area contributed by atoms with E-state index in [1.165, 1.54) is 12.1 Å². The van der Waals surface area contributed by atoms with Gasteiger partial charge in [-0.15, -0.1) is 0 Å². The highest BCUT2D eigenvalue weighted by Crippen LogP contribution is 2.28. The van der Waals surface area contributed by atoms with Crippen LogP contribution in [-0.4, -0.2) is 39.9 Å². The van der Waals surface area contributed by atoms with Crippen LogP contribution in [0.15, 0.2) is 53.4 Å². The van der Waals surface area contributed by atoms with Gasteiger partial charge in [0, 0.05) is 30.9 Å². The van der Waals surface area contributed by atoms with E-state index in [1.54, 1.807) is 41.3 Å². The monoisotopic (exact) mass is 459 g/mol. The second kappa shape index (κ2) is 10.6. The van der Waals surface area contributed by atoms with Crippen molar-refractivity contribution in [2.24, 2.45) is 5.92 Å². The van der Waals surface area contributed by atoms with E-state index in [9.17, 15) is 18.0 Å². The zero-order valence-electron chi connectivity index (χ0n) is 18.3. The third-order valence-corrected chi connectivity index (χ3v) is 6.65. The SMILES string of the molecule is CCCCNS(=O)(=O)c1cccc(NC(=O)C2CC(=O)N(c3ccc(OCC)cc3)C2)c1. The zero-order valence-corrected chi connectivity index (χ0v) is 19.2. The number of rotatable bonds is 10. The molecule has 1 atom stereocenters. The summed E-state index contributed by atoms with van der Waals surface area (Å²) in [5.74, 6) is -0.265. The van der Waals surface area contributed by atoms with Crippen molar-refractivity contribution in [1.82, 2.24) is 4.72 Å². The average Bonchev–Trinajstić information content (AvgIpc) is 3.17. The summed E-state index contributed by atoms with van der Waals surface area (Å²) in [6.07, 6.45) is 1.72. The topological polar surface area (TPSA) is 105 Å². The Balaban J connectivity index is 1.64. The number of nitrogens with zero attached hydrogens (tertiary/aromatic N) is 1. The lowest BCUT2D eigenvalue weighted by molar-refractivity contribution is -0.122. The largest absolute Gasteiger partial charge is 0.494 e. The fraction of sp³-hybridized carbons (Fsp3) is 0.391. The Morgan fingerprint density at radius 2 is 1.91 bits per heavy atom. The lowest BCUT2D eigenvalue weighted by atomic mass is 10.1. The molecule has 2 N–H and O–H groups in total. The predicted octanol–water partition coefficient (Wildman–Crippen LogP) is 3.16. The van der Waals surface area contributed by atoms with E-state index >= 15 is 0 Å². The Labute approximate surface area is 189 Å². The summed E-state index contributed by atoms with van der Waals surface area (Å²) >= 11 is 0. The summed E-state index contributed by atoms with van der Waals surface area (Å²) in [6, 6.07) is 13.3. The summed E-state index contributed by atoms with van der Waals surface area (Å²) in [5, 5.41) is 2.75. The molecule has 2 aromatic rings. The Morgan fingerprint density at radius 3 is 2.59 bits per heavy atom. The molecule has 1 aliphatic heterocycles. The summed E-state index contributed by atoms with van der Waals surface area (Å²) in [7, 11) is -3.65. The van der Waals surface area contributed by atoms with Gasteiger partial charge < -0.3 is 15.0 Å². The summed E-state index contributed by atoms with van der Waals surface area (Å²) in [5.41, 5.74) is 1.08. The number of hydrogen-bond donors (Lipinski definition) is 2. The molecule has 2 aromatic carbocycles. The first-order valence-corrected chi connectivity index (χ1v) is 12.3. The van der Waals surface area contributed by atoms with Gasteiger partial charge in [-0.1, -0.05) is 19.4 Å². The van der Waals surface area contributed by atoms with E-state index in [4.69, 9.17) is 4.74 Å². The Morgan fingerprint density at radius 1 is 1.16 bits per heavy atom. The maximum absolute atomic E-state index is 12.8. The molecule has 8 nitrogen and oxygen atoms in total. The van der Waals surface area contributed by atoms with Crippen molar-refractivity contribution in [2.45, 2.75) is 38.0 Å². The van der Waals surface area contributed by atoms with Gasteiger partial charge in [-0.2, -0.15) is 0 Å².